The maximum absolute atomic E-state index is 5.99. The molecule has 1 unspecified atom stereocenters. The molecule has 0 spiro atoms. The Morgan fingerprint density at radius 1 is 1.40 bits per heavy atom. The van der Waals surface area contributed by atoms with Crippen molar-refractivity contribution < 1.29 is 0 Å². The molecular formula is C13H20ClN. The SMILES string of the molecule is CCNCC(C)Cc1ccc(Cl)c(C)c1. The molecular weight excluding hydrogens is 206 g/mol. The van der Waals surface area contributed by atoms with E-state index >= 15 is 0 Å². The van der Waals surface area contributed by atoms with Crippen molar-refractivity contribution in [3.63, 3.8) is 0 Å². The highest BCUT2D eigenvalue weighted by Crippen LogP contribution is 2.18. The number of benzene rings is 1. The van der Waals surface area contributed by atoms with Gasteiger partial charge < -0.3 is 5.32 Å². The second kappa shape index (κ2) is 6.14. The van der Waals surface area contributed by atoms with Gasteiger partial charge in [-0.1, -0.05) is 37.6 Å². The van der Waals surface area contributed by atoms with E-state index in [1.165, 1.54) is 11.1 Å². The zero-order chi connectivity index (χ0) is 11.3. The molecule has 0 radical (unpaired) electrons. The lowest BCUT2D eigenvalue weighted by molar-refractivity contribution is 0.521. The van der Waals surface area contributed by atoms with Gasteiger partial charge in [0.15, 0.2) is 0 Å². The molecule has 1 aromatic rings. The van der Waals surface area contributed by atoms with Crippen LogP contribution in [0.15, 0.2) is 18.2 Å². The topological polar surface area (TPSA) is 12.0 Å². The van der Waals surface area contributed by atoms with Gasteiger partial charge in [-0.2, -0.15) is 0 Å². The minimum Gasteiger partial charge on any atom is -0.317 e. The highest BCUT2D eigenvalue weighted by molar-refractivity contribution is 6.31. The Morgan fingerprint density at radius 2 is 2.13 bits per heavy atom. The van der Waals surface area contributed by atoms with Gasteiger partial charge in [-0.3, -0.25) is 0 Å². The Kier molecular flexibility index (Phi) is 5.13. The molecule has 1 rings (SSSR count). The molecule has 0 aliphatic carbocycles. The number of hydrogen-bond donors (Lipinski definition) is 1. The Hall–Kier alpha value is -0.530. The third kappa shape index (κ3) is 4.23. The van der Waals surface area contributed by atoms with Gasteiger partial charge in [-0.25, -0.2) is 0 Å². The van der Waals surface area contributed by atoms with Crippen molar-refractivity contribution >= 4 is 11.6 Å². The van der Waals surface area contributed by atoms with E-state index in [0.717, 1.165) is 24.5 Å². The van der Waals surface area contributed by atoms with Gasteiger partial charge in [-0.05, 0) is 49.5 Å². The molecule has 0 amide bonds. The first-order chi connectivity index (χ1) is 7.13. The van der Waals surface area contributed by atoms with Crippen molar-refractivity contribution in [2.75, 3.05) is 13.1 Å². The van der Waals surface area contributed by atoms with E-state index < -0.39 is 0 Å². The molecule has 0 aliphatic rings. The fourth-order valence-electron chi connectivity index (χ4n) is 1.70. The normalized spacial score (nSPS) is 12.8. The summed E-state index contributed by atoms with van der Waals surface area (Å²) in [4.78, 5) is 0. The molecule has 0 heterocycles. The number of hydrogen-bond acceptors (Lipinski definition) is 1. The van der Waals surface area contributed by atoms with Crippen LogP contribution in [-0.2, 0) is 6.42 Å². The lowest BCUT2D eigenvalue weighted by Gasteiger charge is -2.12. The first-order valence-corrected chi connectivity index (χ1v) is 5.97. The zero-order valence-electron chi connectivity index (χ0n) is 9.81. The van der Waals surface area contributed by atoms with Gasteiger partial charge in [-0.15, -0.1) is 0 Å². The Balaban J connectivity index is 2.53. The van der Waals surface area contributed by atoms with E-state index in [0.29, 0.717) is 5.92 Å². The summed E-state index contributed by atoms with van der Waals surface area (Å²) in [6.07, 6.45) is 1.12. The van der Waals surface area contributed by atoms with Crippen molar-refractivity contribution in [2.45, 2.75) is 27.2 Å². The lowest BCUT2D eigenvalue weighted by Crippen LogP contribution is -2.21. The highest BCUT2D eigenvalue weighted by Gasteiger charge is 2.04. The summed E-state index contributed by atoms with van der Waals surface area (Å²) in [7, 11) is 0. The molecule has 0 aromatic heterocycles. The Morgan fingerprint density at radius 3 is 2.73 bits per heavy atom. The van der Waals surface area contributed by atoms with E-state index in [9.17, 15) is 0 Å². The fourth-order valence-corrected chi connectivity index (χ4v) is 1.82. The summed E-state index contributed by atoms with van der Waals surface area (Å²) in [6, 6.07) is 6.30. The molecule has 0 fully saturated rings. The smallest absolute Gasteiger partial charge is 0.0435 e. The quantitative estimate of drug-likeness (QED) is 0.810. The average Bonchev–Trinajstić information content (AvgIpc) is 2.20. The number of nitrogens with one attached hydrogen (secondary N) is 1. The van der Waals surface area contributed by atoms with E-state index in [2.05, 4.69) is 38.2 Å². The maximum atomic E-state index is 5.99. The predicted octanol–water partition coefficient (Wildman–Crippen LogP) is 3.44. The van der Waals surface area contributed by atoms with Crippen LogP contribution < -0.4 is 5.32 Å². The van der Waals surface area contributed by atoms with Crippen LogP contribution in [0.25, 0.3) is 0 Å². The van der Waals surface area contributed by atoms with Crippen LogP contribution in [0.4, 0.5) is 0 Å². The van der Waals surface area contributed by atoms with Crippen LogP contribution in [0.2, 0.25) is 5.02 Å². The summed E-state index contributed by atoms with van der Waals surface area (Å²) in [5, 5.41) is 4.23. The zero-order valence-corrected chi connectivity index (χ0v) is 10.6. The van der Waals surface area contributed by atoms with E-state index in [1.807, 2.05) is 6.07 Å². The van der Waals surface area contributed by atoms with Crippen LogP contribution in [0.3, 0.4) is 0 Å². The third-order valence-electron chi connectivity index (χ3n) is 2.55. The second-order valence-electron chi connectivity index (χ2n) is 4.20. The van der Waals surface area contributed by atoms with Crippen LogP contribution in [-0.4, -0.2) is 13.1 Å². The molecule has 1 aromatic carbocycles. The number of aryl methyl sites for hydroxylation is 1. The summed E-state index contributed by atoms with van der Waals surface area (Å²) in [6.45, 7) is 8.59. The molecule has 2 heteroatoms. The van der Waals surface area contributed by atoms with Crippen LogP contribution in [0, 0.1) is 12.8 Å². The molecule has 0 aliphatic heterocycles. The standard InChI is InChI=1S/C13H20ClN/c1-4-15-9-10(2)7-12-5-6-13(14)11(3)8-12/h5-6,8,10,15H,4,7,9H2,1-3H3. The Bertz CT molecular complexity index is 309. The largest absolute Gasteiger partial charge is 0.317 e. The average molecular weight is 226 g/mol. The minimum absolute atomic E-state index is 0.672. The molecule has 84 valence electrons. The molecule has 0 saturated carbocycles. The van der Waals surface area contributed by atoms with Crippen LogP contribution in [0.1, 0.15) is 25.0 Å². The van der Waals surface area contributed by atoms with Gasteiger partial charge in [0.2, 0.25) is 0 Å². The Labute approximate surface area is 97.8 Å². The van der Waals surface area contributed by atoms with Gasteiger partial charge in [0.05, 0.1) is 0 Å². The summed E-state index contributed by atoms with van der Waals surface area (Å²) < 4.78 is 0. The van der Waals surface area contributed by atoms with Crippen molar-refractivity contribution in [1.82, 2.24) is 5.32 Å². The monoisotopic (exact) mass is 225 g/mol. The minimum atomic E-state index is 0.672. The molecule has 1 nitrogen and oxygen atoms in total. The summed E-state index contributed by atoms with van der Waals surface area (Å²) in [5.74, 6) is 0.672. The highest BCUT2D eigenvalue weighted by atomic mass is 35.5. The summed E-state index contributed by atoms with van der Waals surface area (Å²) >= 11 is 5.99. The first-order valence-electron chi connectivity index (χ1n) is 5.59. The molecule has 1 atom stereocenters. The van der Waals surface area contributed by atoms with Gasteiger partial charge in [0.25, 0.3) is 0 Å². The third-order valence-corrected chi connectivity index (χ3v) is 2.97. The summed E-state index contributed by atoms with van der Waals surface area (Å²) in [5.41, 5.74) is 2.55. The predicted molar refractivity (Wildman–Crippen MR) is 67.6 cm³/mol. The molecule has 1 N–H and O–H groups in total. The van der Waals surface area contributed by atoms with E-state index in [1.54, 1.807) is 0 Å². The van der Waals surface area contributed by atoms with Crippen LogP contribution in [0.5, 0.6) is 0 Å². The van der Waals surface area contributed by atoms with Crippen molar-refractivity contribution in [2.24, 2.45) is 5.92 Å². The van der Waals surface area contributed by atoms with Crippen molar-refractivity contribution in [3.8, 4) is 0 Å². The van der Waals surface area contributed by atoms with Gasteiger partial charge in [0.1, 0.15) is 0 Å². The molecule has 0 saturated heterocycles. The van der Waals surface area contributed by atoms with Crippen molar-refractivity contribution in [1.29, 1.82) is 0 Å². The van der Waals surface area contributed by atoms with Crippen molar-refractivity contribution in [3.05, 3.63) is 34.3 Å². The molecule has 15 heavy (non-hydrogen) atoms. The lowest BCUT2D eigenvalue weighted by atomic mass is 10.00. The second-order valence-corrected chi connectivity index (χ2v) is 4.61. The van der Waals surface area contributed by atoms with E-state index in [-0.39, 0.29) is 0 Å². The fraction of sp³-hybridized carbons (Fsp3) is 0.538. The van der Waals surface area contributed by atoms with E-state index in [4.69, 9.17) is 11.6 Å². The van der Waals surface area contributed by atoms with Gasteiger partial charge in [0, 0.05) is 5.02 Å². The number of rotatable bonds is 5. The molecule has 0 bridgehead atoms. The first kappa shape index (κ1) is 12.5. The van der Waals surface area contributed by atoms with Crippen LogP contribution >= 0.6 is 11.6 Å². The van der Waals surface area contributed by atoms with Gasteiger partial charge >= 0.3 is 0 Å². The number of halogens is 1. The maximum Gasteiger partial charge on any atom is 0.0435 e.